The molecule has 1 aromatic carbocycles. The fraction of sp³-hybridized carbons (Fsp3) is 0.417. The van der Waals surface area contributed by atoms with Crippen molar-refractivity contribution in [2.45, 2.75) is 20.0 Å². The summed E-state index contributed by atoms with van der Waals surface area (Å²) in [6.45, 7) is -0.190. The van der Waals surface area contributed by atoms with Gasteiger partial charge in [0, 0.05) is 5.69 Å². The molecule has 0 heterocycles. The summed E-state index contributed by atoms with van der Waals surface area (Å²) in [5.41, 5.74) is 0.310. The van der Waals surface area contributed by atoms with Gasteiger partial charge >= 0.3 is 6.61 Å². The number of hydrogen-bond donors (Lipinski definition) is 2. The molecule has 112 valence electrons. The number of amides is 1. The van der Waals surface area contributed by atoms with Crippen LogP contribution in [0.1, 0.15) is 13.3 Å². The van der Waals surface area contributed by atoms with Crippen LogP contribution in [0.3, 0.4) is 0 Å². The van der Waals surface area contributed by atoms with Gasteiger partial charge in [-0.15, -0.1) is 0 Å². The number of alkyl halides is 2. The van der Waals surface area contributed by atoms with Gasteiger partial charge in [-0.2, -0.15) is 8.78 Å². The van der Waals surface area contributed by atoms with Gasteiger partial charge in [-0.25, -0.2) is 0 Å². The Morgan fingerprint density at radius 3 is 2.45 bits per heavy atom. The minimum absolute atomic E-state index is 0.102. The molecule has 1 aromatic rings. The quantitative estimate of drug-likeness (QED) is 0.753. The van der Waals surface area contributed by atoms with Crippen molar-refractivity contribution < 1.29 is 18.3 Å². The monoisotopic (exact) mass is 326 g/mol. The highest BCUT2D eigenvalue weighted by Crippen LogP contribution is 2.36. The second-order valence-corrected chi connectivity index (χ2v) is 4.69. The number of carbonyl (C=O) groups excluding carboxylic acids is 1. The van der Waals surface area contributed by atoms with Crippen molar-refractivity contribution >= 4 is 34.8 Å². The Bertz CT molecular complexity index is 450. The third-order valence-electron chi connectivity index (χ3n) is 2.20. The first-order chi connectivity index (χ1) is 9.43. The van der Waals surface area contributed by atoms with Crippen LogP contribution >= 0.6 is 23.2 Å². The summed E-state index contributed by atoms with van der Waals surface area (Å²) in [6, 6.07) is 2.59. The molecule has 20 heavy (non-hydrogen) atoms. The highest BCUT2D eigenvalue weighted by Gasteiger charge is 2.15. The Morgan fingerprint density at radius 1 is 1.35 bits per heavy atom. The lowest BCUT2D eigenvalue weighted by Gasteiger charge is -2.12. The van der Waals surface area contributed by atoms with Crippen LogP contribution in [0.25, 0.3) is 0 Å². The van der Waals surface area contributed by atoms with E-state index in [2.05, 4.69) is 15.4 Å². The van der Waals surface area contributed by atoms with Crippen molar-refractivity contribution in [3.05, 3.63) is 22.2 Å². The molecule has 0 bridgehead atoms. The van der Waals surface area contributed by atoms with Crippen molar-refractivity contribution in [1.29, 1.82) is 0 Å². The molecule has 1 amide bonds. The van der Waals surface area contributed by atoms with Gasteiger partial charge in [-0.1, -0.05) is 30.1 Å². The van der Waals surface area contributed by atoms with Crippen LogP contribution in [-0.2, 0) is 4.79 Å². The van der Waals surface area contributed by atoms with Crippen molar-refractivity contribution in [1.82, 2.24) is 5.32 Å². The maximum Gasteiger partial charge on any atom is 0.387 e. The lowest BCUT2D eigenvalue weighted by molar-refractivity contribution is -0.115. The predicted octanol–water partition coefficient (Wildman–Crippen LogP) is 3.53. The van der Waals surface area contributed by atoms with Crippen LogP contribution in [-0.4, -0.2) is 25.6 Å². The first kappa shape index (κ1) is 16.9. The first-order valence-corrected chi connectivity index (χ1v) is 6.64. The van der Waals surface area contributed by atoms with Crippen LogP contribution in [0.4, 0.5) is 14.5 Å². The van der Waals surface area contributed by atoms with E-state index in [1.54, 1.807) is 0 Å². The minimum atomic E-state index is -3.02. The van der Waals surface area contributed by atoms with Crippen molar-refractivity contribution in [3.63, 3.8) is 0 Å². The molecule has 0 aliphatic rings. The summed E-state index contributed by atoms with van der Waals surface area (Å²) in [5, 5.41) is 5.27. The van der Waals surface area contributed by atoms with Gasteiger partial charge < -0.3 is 15.4 Å². The van der Waals surface area contributed by atoms with E-state index in [9.17, 15) is 13.6 Å². The molecule has 0 atom stereocenters. The van der Waals surface area contributed by atoms with E-state index in [1.807, 2.05) is 6.92 Å². The van der Waals surface area contributed by atoms with Gasteiger partial charge in [-0.3, -0.25) is 4.79 Å². The van der Waals surface area contributed by atoms with Crippen molar-refractivity contribution in [2.24, 2.45) is 0 Å². The molecule has 0 aromatic heterocycles. The van der Waals surface area contributed by atoms with Crippen LogP contribution in [0.5, 0.6) is 5.75 Å². The Kier molecular flexibility index (Phi) is 6.98. The number of rotatable bonds is 7. The standard InChI is InChI=1S/C12H14Cl2F2N2O2/c1-2-3-17-6-10(19)18-7-4-8(13)11(9(14)5-7)20-12(15)16/h4-5,12,17H,2-3,6H2,1H3,(H,18,19). The Balaban J connectivity index is 2.71. The summed E-state index contributed by atoms with van der Waals surface area (Å²) in [5.74, 6) is -0.599. The van der Waals surface area contributed by atoms with E-state index in [-0.39, 0.29) is 28.2 Å². The summed E-state index contributed by atoms with van der Waals surface area (Å²) in [4.78, 5) is 11.6. The lowest BCUT2D eigenvalue weighted by atomic mass is 10.3. The Hall–Kier alpha value is -1.11. The minimum Gasteiger partial charge on any atom is -0.432 e. The molecule has 0 radical (unpaired) electrons. The number of halogens is 4. The second-order valence-electron chi connectivity index (χ2n) is 3.87. The number of anilines is 1. The molecule has 2 N–H and O–H groups in total. The summed E-state index contributed by atoms with van der Waals surface area (Å²) in [7, 11) is 0. The largest absolute Gasteiger partial charge is 0.432 e. The highest BCUT2D eigenvalue weighted by atomic mass is 35.5. The zero-order chi connectivity index (χ0) is 15.1. The molecule has 0 saturated heterocycles. The predicted molar refractivity (Wildman–Crippen MR) is 74.9 cm³/mol. The lowest BCUT2D eigenvalue weighted by Crippen LogP contribution is -2.28. The zero-order valence-corrected chi connectivity index (χ0v) is 12.2. The van der Waals surface area contributed by atoms with Crippen LogP contribution in [0.15, 0.2) is 12.1 Å². The number of hydrogen-bond acceptors (Lipinski definition) is 3. The third-order valence-corrected chi connectivity index (χ3v) is 2.76. The SMILES string of the molecule is CCCNCC(=O)Nc1cc(Cl)c(OC(F)F)c(Cl)c1. The second kappa shape index (κ2) is 8.24. The van der Waals surface area contributed by atoms with E-state index >= 15 is 0 Å². The van der Waals surface area contributed by atoms with Gasteiger partial charge in [0.05, 0.1) is 16.6 Å². The van der Waals surface area contributed by atoms with E-state index in [4.69, 9.17) is 23.2 Å². The zero-order valence-electron chi connectivity index (χ0n) is 10.7. The average molecular weight is 327 g/mol. The summed E-state index contributed by atoms with van der Waals surface area (Å²) >= 11 is 11.6. The number of carbonyl (C=O) groups is 1. The first-order valence-electron chi connectivity index (χ1n) is 5.88. The summed E-state index contributed by atoms with van der Waals surface area (Å²) < 4.78 is 28.5. The molecule has 4 nitrogen and oxygen atoms in total. The molecule has 0 unspecified atom stereocenters. The van der Waals surface area contributed by atoms with Crippen molar-refractivity contribution in [2.75, 3.05) is 18.4 Å². The van der Waals surface area contributed by atoms with Crippen molar-refractivity contribution in [3.8, 4) is 5.75 Å². The van der Waals surface area contributed by atoms with Gasteiger partial charge in [0.15, 0.2) is 5.75 Å². The van der Waals surface area contributed by atoms with Gasteiger partial charge in [-0.05, 0) is 25.1 Å². The van der Waals surface area contributed by atoms with E-state index in [0.717, 1.165) is 13.0 Å². The topological polar surface area (TPSA) is 50.4 Å². The molecule has 0 fully saturated rings. The van der Waals surface area contributed by atoms with Crippen LogP contribution in [0.2, 0.25) is 10.0 Å². The van der Waals surface area contributed by atoms with Gasteiger partial charge in [0.1, 0.15) is 0 Å². The van der Waals surface area contributed by atoms with Gasteiger partial charge in [0.2, 0.25) is 5.91 Å². The number of ether oxygens (including phenoxy) is 1. The fourth-order valence-electron chi connectivity index (χ4n) is 1.42. The number of nitrogens with one attached hydrogen (secondary N) is 2. The number of benzene rings is 1. The average Bonchev–Trinajstić information content (AvgIpc) is 2.34. The smallest absolute Gasteiger partial charge is 0.387 e. The van der Waals surface area contributed by atoms with E-state index in [1.165, 1.54) is 12.1 Å². The highest BCUT2D eigenvalue weighted by molar-refractivity contribution is 6.37. The normalized spacial score (nSPS) is 10.7. The molecule has 1 rings (SSSR count). The van der Waals surface area contributed by atoms with E-state index in [0.29, 0.717) is 5.69 Å². The fourth-order valence-corrected chi connectivity index (χ4v) is 1.99. The third kappa shape index (κ3) is 5.48. The van der Waals surface area contributed by atoms with E-state index < -0.39 is 6.61 Å². The molecule has 0 saturated carbocycles. The van der Waals surface area contributed by atoms with Gasteiger partial charge in [0.25, 0.3) is 0 Å². The van der Waals surface area contributed by atoms with Crippen LogP contribution in [0, 0.1) is 0 Å². The maximum absolute atomic E-state index is 12.1. The molecule has 0 aliphatic carbocycles. The molecular formula is C12H14Cl2F2N2O2. The maximum atomic E-state index is 12.1. The molecule has 0 aliphatic heterocycles. The Morgan fingerprint density at radius 2 is 1.95 bits per heavy atom. The molecular weight excluding hydrogens is 313 g/mol. The summed E-state index contributed by atoms with van der Waals surface area (Å²) in [6.07, 6.45) is 0.907. The van der Waals surface area contributed by atoms with Crippen LogP contribution < -0.4 is 15.4 Å². The molecule has 8 heteroatoms. The Labute approximate surface area is 125 Å². The molecule has 0 spiro atoms.